The fraction of sp³-hybridized carbons (Fsp3) is 0.500. The molecule has 0 bridgehead atoms. The summed E-state index contributed by atoms with van der Waals surface area (Å²) in [5, 5.41) is 0. The molecule has 0 spiro atoms. The number of carbonyl (C=O) groups is 1. The van der Waals surface area contributed by atoms with Crippen molar-refractivity contribution in [2.75, 3.05) is 26.5 Å². The zero-order valence-electron chi connectivity index (χ0n) is 14.3. The van der Waals surface area contributed by atoms with E-state index < -0.39 is 10.8 Å². The van der Waals surface area contributed by atoms with E-state index in [0.29, 0.717) is 5.56 Å². The molecule has 0 aromatic heterocycles. The molecule has 1 saturated heterocycles. The molecule has 126 valence electrons. The standard InChI is InChI=1S/C18H25NO3S/c1-5-17(23(4)21)16-7-6-14(12-13(16)2)18(20)19-10-8-15(22-3)9-11-19/h5-7,12,15H,8-11H2,1-4H3/b17-5+. The molecule has 0 saturated carbocycles. The lowest BCUT2D eigenvalue weighted by atomic mass is 10.0. The van der Waals surface area contributed by atoms with Crippen LogP contribution in [-0.2, 0) is 15.5 Å². The number of aryl methyl sites for hydroxylation is 1. The van der Waals surface area contributed by atoms with Gasteiger partial charge in [-0.3, -0.25) is 9.00 Å². The van der Waals surface area contributed by atoms with Gasteiger partial charge < -0.3 is 9.64 Å². The summed E-state index contributed by atoms with van der Waals surface area (Å²) in [7, 11) is 0.683. The number of hydrogen-bond donors (Lipinski definition) is 0. The first-order valence-electron chi connectivity index (χ1n) is 7.90. The Bertz CT molecular complexity index is 631. The Hall–Kier alpha value is -1.46. The molecule has 1 aromatic rings. The second-order valence-electron chi connectivity index (χ2n) is 5.86. The number of carbonyl (C=O) groups excluding carboxylic acids is 1. The molecule has 1 heterocycles. The summed E-state index contributed by atoms with van der Waals surface area (Å²) in [6.07, 6.45) is 5.58. The number of methoxy groups -OCH3 is 1. The van der Waals surface area contributed by atoms with Crippen LogP contribution in [-0.4, -0.2) is 47.6 Å². The lowest BCUT2D eigenvalue weighted by Crippen LogP contribution is -2.40. The molecular weight excluding hydrogens is 310 g/mol. The molecule has 1 aromatic carbocycles. The monoisotopic (exact) mass is 335 g/mol. The third-order valence-corrected chi connectivity index (χ3v) is 5.45. The Balaban J connectivity index is 2.17. The average molecular weight is 335 g/mol. The zero-order chi connectivity index (χ0) is 17.0. The largest absolute Gasteiger partial charge is 0.381 e. The first-order chi connectivity index (χ1) is 11.0. The number of piperidine rings is 1. The Morgan fingerprint density at radius 1 is 1.35 bits per heavy atom. The maximum Gasteiger partial charge on any atom is 0.253 e. The topological polar surface area (TPSA) is 46.6 Å². The van der Waals surface area contributed by atoms with Crippen molar-refractivity contribution >= 4 is 21.6 Å². The number of hydrogen-bond acceptors (Lipinski definition) is 3. The van der Waals surface area contributed by atoms with Crippen molar-refractivity contribution in [3.63, 3.8) is 0 Å². The van der Waals surface area contributed by atoms with Crippen LogP contribution in [0.25, 0.3) is 4.91 Å². The van der Waals surface area contributed by atoms with Gasteiger partial charge in [0.05, 0.1) is 16.9 Å². The van der Waals surface area contributed by atoms with Gasteiger partial charge >= 0.3 is 0 Å². The SMILES string of the molecule is C/C=C(\c1ccc(C(=O)N2CCC(OC)CC2)cc1C)S(C)=O. The number of nitrogens with zero attached hydrogens (tertiary/aromatic N) is 1. The molecule has 1 atom stereocenters. The van der Waals surface area contributed by atoms with Crippen LogP contribution < -0.4 is 0 Å². The highest BCUT2D eigenvalue weighted by Gasteiger charge is 2.23. The van der Waals surface area contributed by atoms with Crippen LogP contribution in [0.5, 0.6) is 0 Å². The lowest BCUT2D eigenvalue weighted by molar-refractivity contribution is 0.0350. The molecule has 2 rings (SSSR count). The molecule has 0 aliphatic carbocycles. The number of allylic oxidation sites excluding steroid dienone is 1. The number of likely N-dealkylation sites (tertiary alicyclic amines) is 1. The minimum Gasteiger partial charge on any atom is -0.381 e. The molecule has 1 unspecified atom stereocenters. The Kier molecular flexibility index (Phi) is 6.13. The summed E-state index contributed by atoms with van der Waals surface area (Å²) in [4.78, 5) is 15.3. The molecular formula is C18H25NO3S. The van der Waals surface area contributed by atoms with Crippen molar-refractivity contribution in [3.8, 4) is 0 Å². The lowest BCUT2D eigenvalue weighted by Gasteiger charge is -2.31. The minimum atomic E-state index is -1.04. The Morgan fingerprint density at radius 3 is 2.48 bits per heavy atom. The van der Waals surface area contributed by atoms with E-state index in [4.69, 9.17) is 4.74 Å². The van der Waals surface area contributed by atoms with Gasteiger partial charge in [0.2, 0.25) is 0 Å². The first kappa shape index (κ1) is 17.9. The van der Waals surface area contributed by atoms with E-state index in [-0.39, 0.29) is 12.0 Å². The highest BCUT2D eigenvalue weighted by Crippen LogP contribution is 2.24. The van der Waals surface area contributed by atoms with Crippen LogP contribution >= 0.6 is 0 Å². The van der Waals surface area contributed by atoms with E-state index in [1.165, 1.54) is 0 Å². The Labute approximate surface area is 141 Å². The normalized spacial score (nSPS) is 18.1. The number of benzene rings is 1. The minimum absolute atomic E-state index is 0.0638. The van der Waals surface area contributed by atoms with Crippen LogP contribution in [0.2, 0.25) is 0 Å². The van der Waals surface area contributed by atoms with Gasteiger partial charge in [-0.05, 0) is 49.9 Å². The first-order valence-corrected chi connectivity index (χ1v) is 9.46. The predicted octanol–water partition coefficient (Wildman–Crippen LogP) is 2.99. The van der Waals surface area contributed by atoms with Crippen molar-refractivity contribution in [1.82, 2.24) is 4.90 Å². The van der Waals surface area contributed by atoms with Crippen molar-refractivity contribution in [3.05, 3.63) is 41.0 Å². The maximum absolute atomic E-state index is 12.6. The quantitative estimate of drug-likeness (QED) is 0.850. The van der Waals surface area contributed by atoms with Gasteiger partial charge in [-0.1, -0.05) is 12.1 Å². The van der Waals surface area contributed by atoms with Gasteiger partial charge in [0.15, 0.2) is 0 Å². The fourth-order valence-corrected chi connectivity index (χ4v) is 3.90. The highest BCUT2D eigenvalue weighted by molar-refractivity contribution is 7.93. The summed E-state index contributed by atoms with van der Waals surface area (Å²) < 4.78 is 17.2. The summed E-state index contributed by atoms with van der Waals surface area (Å²) in [5.41, 5.74) is 2.62. The molecule has 1 amide bonds. The number of rotatable bonds is 4. The van der Waals surface area contributed by atoms with Crippen LogP contribution in [0, 0.1) is 6.92 Å². The molecule has 0 radical (unpaired) electrons. The molecule has 4 nitrogen and oxygen atoms in total. The fourth-order valence-electron chi connectivity index (χ4n) is 3.03. The van der Waals surface area contributed by atoms with E-state index >= 15 is 0 Å². The van der Waals surface area contributed by atoms with E-state index in [2.05, 4.69) is 0 Å². The molecule has 1 aliphatic heterocycles. The van der Waals surface area contributed by atoms with Crippen molar-refractivity contribution in [2.24, 2.45) is 0 Å². The second-order valence-corrected chi connectivity index (χ2v) is 7.21. The zero-order valence-corrected chi connectivity index (χ0v) is 15.1. The summed E-state index contributed by atoms with van der Waals surface area (Å²) >= 11 is 0. The van der Waals surface area contributed by atoms with Crippen molar-refractivity contribution in [2.45, 2.75) is 32.8 Å². The third kappa shape index (κ3) is 4.09. The number of amides is 1. The second kappa shape index (κ2) is 7.88. The van der Waals surface area contributed by atoms with Crippen molar-refractivity contribution < 1.29 is 13.7 Å². The molecule has 5 heteroatoms. The summed E-state index contributed by atoms with van der Waals surface area (Å²) in [6, 6.07) is 5.64. The average Bonchev–Trinajstić information content (AvgIpc) is 2.56. The van der Waals surface area contributed by atoms with E-state index in [1.54, 1.807) is 13.4 Å². The van der Waals surface area contributed by atoms with Crippen LogP contribution in [0.1, 0.15) is 41.3 Å². The van der Waals surface area contributed by atoms with E-state index in [9.17, 15) is 9.00 Å². The van der Waals surface area contributed by atoms with Gasteiger partial charge in [-0.25, -0.2) is 0 Å². The van der Waals surface area contributed by atoms with Crippen LogP contribution in [0.4, 0.5) is 0 Å². The van der Waals surface area contributed by atoms with Gasteiger partial charge in [0.25, 0.3) is 5.91 Å². The highest BCUT2D eigenvalue weighted by atomic mass is 32.2. The third-order valence-electron chi connectivity index (χ3n) is 4.37. The Morgan fingerprint density at radius 2 is 2.00 bits per heavy atom. The van der Waals surface area contributed by atoms with E-state index in [1.807, 2.05) is 43.0 Å². The summed E-state index contributed by atoms with van der Waals surface area (Å²) in [6.45, 7) is 5.31. The van der Waals surface area contributed by atoms with Gasteiger partial charge in [0.1, 0.15) is 0 Å². The predicted molar refractivity (Wildman–Crippen MR) is 94.8 cm³/mol. The van der Waals surface area contributed by atoms with Crippen LogP contribution in [0.3, 0.4) is 0 Å². The van der Waals surface area contributed by atoms with Gasteiger partial charge in [-0.2, -0.15) is 0 Å². The van der Waals surface area contributed by atoms with Crippen molar-refractivity contribution in [1.29, 1.82) is 0 Å². The number of ether oxygens (including phenoxy) is 1. The smallest absolute Gasteiger partial charge is 0.253 e. The van der Waals surface area contributed by atoms with Gasteiger partial charge in [0, 0.05) is 36.9 Å². The van der Waals surface area contributed by atoms with Gasteiger partial charge in [-0.15, -0.1) is 0 Å². The molecule has 1 aliphatic rings. The molecule has 23 heavy (non-hydrogen) atoms. The maximum atomic E-state index is 12.6. The van der Waals surface area contributed by atoms with E-state index in [0.717, 1.165) is 42.0 Å². The molecule has 0 N–H and O–H groups in total. The summed E-state index contributed by atoms with van der Waals surface area (Å²) in [5.74, 6) is 0.0638. The van der Waals surface area contributed by atoms with Crippen LogP contribution in [0.15, 0.2) is 24.3 Å². The molecule has 1 fully saturated rings.